The number of aliphatic hydroxyl groups is 1. The molecule has 0 spiro atoms. The standard InChI is InChI=1S/C14H16N2O/c1-10(2)11-3-5-12(6-4-11)14(17)13-7-8-15-9-16-13/h3-10,14,17H,1-2H3. The first-order valence-electron chi connectivity index (χ1n) is 5.72. The minimum absolute atomic E-state index is 0.500. The summed E-state index contributed by atoms with van der Waals surface area (Å²) in [6, 6.07) is 9.71. The maximum Gasteiger partial charge on any atom is 0.121 e. The van der Waals surface area contributed by atoms with Crippen molar-refractivity contribution in [3.05, 3.63) is 59.7 Å². The van der Waals surface area contributed by atoms with Gasteiger partial charge in [0, 0.05) is 6.20 Å². The van der Waals surface area contributed by atoms with E-state index in [4.69, 9.17) is 0 Å². The zero-order valence-electron chi connectivity index (χ0n) is 10.0. The Labute approximate surface area is 101 Å². The molecule has 0 radical (unpaired) electrons. The van der Waals surface area contributed by atoms with Crippen LogP contribution < -0.4 is 0 Å². The largest absolute Gasteiger partial charge is 0.382 e. The monoisotopic (exact) mass is 228 g/mol. The van der Waals surface area contributed by atoms with Crippen molar-refractivity contribution in [1.29, 1.82) is 0 Å². The van der Waals surface area contributed by atoms with Gasteiger partial charge in [0.25, 0.3) is 0 Å². The van der Waals surface area contributed by atoms with Gasteiger partial charge in [-0.1, -0.05) is 38.1 Å². The molecule has 17 heavy (non-hydrogen) atoms. The van der Waals surface area contributed by atoms with Crippen molar-refractivity contribution in [2.45, 2.75) is 25.9 Å². The van der Waals surface area contributed by atoms with Gasteiger partial charge in [0.1, 0.15) is 12.4 Å². The van der Waals surface area contributed by atoms with Crippen LogP contribution in [0.15, 0.2) is 42.9 Å². The van der Waals surface area contributed by atoms with Crippen LogP contribution in [0.4, 0.5) is 0 Å². The summed E-state index contributed by atoms with van der Waals surface area (Å²) in [7, 11) is 0. The molecule has 0 fully saturated rings. The summed E-state index contributed by atoms with van der Waals surface area (Å²) in [4.78, 5) is 7.89. The first kappa shape index (κ1) is 11.7. The number of aliphatic hydroxyl groups excluding tert-OH is 1. The topological polar surface area (TPSA) is 46.0 Å². The van der Waals surface area contributed by atoms with Crippen LogP contribution in [0.2, 0.25) is 0 Å². The molecule has 3 nitrogen and oxygen atoms in total. The number of benzene rings is 1. The molecule has 0 aliphatic rings. The molecule has 0 saturated heterocycles. The lowest BCUT2D eigenvalue weighted by atomic mass is 9.99. The van der Waals surface area contributed by atoms with Crippen LogP contribution in [0.1, 0.15) is 42.7 Å². The molecule has 0 saturated carbocycles. The number of hydrogen-bond acceptors (Lipinski definition) is 3. The first-order valence-corrected chi connectivity index (χ1v) is 5.72. The molecule has 1 aromatic carbocycles. The van der Waals surface area contributed by atoms with E-state index in [1.807, 2.05) is 24.3 Å². The zero-order valence-corrected chi connectivity index (χ0v) is 10.0. The fourth-order valence-corrected chi connectivity index (χ4v) is 1.70. The SMILES string of the molecule is CC(C)c1ccc(C(O)c2ccncn2)cc1. The van der Waals surface area contributed by atoms with Crippen LogP contribution in [0.25, 0.3) is 0 Å². The van der Waals surface area contributed by atoms with E-state index in [0.29, 0.717) is 11.6 Å². The fourth-order valence-electron chi connectivity index (χ4n) is 1.70. The van der Waals surface area contributed by atoms with Crippen molar-refractivity contribution in [3.63, 3.8) is 0 Å². The Kier molecular flexibility index (Phi) is 3.49. The summed E-state index contributed by atoms with van der Waals surface area (Å²) in [6.45, 7) is 4.30. The van der Waals surface area contributed by atoms with Gasteiger partial charge in [-0.15, -0.1) is 0 Å². The van der Waals surface area contributed by atoms with Crippen LogP contribution in [-0.2, 0) is 0 Å². The average molecular weight is 228 g/mol. The van der Waals surface area contributed by atoms with E-state index in [0.717, 1.165) is 5.56 Å². The van der Waals surface area contributed by atoms with Crippen LogP contribution in [0, 0.1) is 0 Å². The van der Waals surface area contributed by atoms with E-state index in [1.54, 1.807) is 12.3 Å². The molecule has 1 N–H and O–H groups in total. The second-order valence-electron chi connectivity index (χ2n) is 4.36. The van der Waals surface area contributed by atoms with Gasteiger partial charge in [0.15, 0.2) is 0 Å². The predicted molar refractivity (Wildman–Crippen MR) is 66.6 cm³/mol. The highest BCUT2D eigenvalue weighted by atomic mass is 16.3. The molecule has 2 rings (SSSR count). The predicted octanol–water partition coefficient (Wildman–Crippen LogP) is 2.68. The maximum atomic E-state index is 10.1. The van der Waals surface area contributed by atoms with Gasteiger partial charge in [-0.3, -0.25) is 0 Å². The van der Waals surface area contributed by atoms with Crippen molar-refractivity contribution in [2.75, 3.05) is 0 Å². The van der Waals surface area contributed by atoms with E-state index in [9.17, 15) is 5.11 Å². The minimum Gasteiger partial charge on any atom is -0.382 e. The van der Waals surface area contributed by atoms with E-state index in [2.05, 4.69) is 23.8 Å². The lowest BCUT2D eigenvalue weighted by molar-refractivity contribution is 0.215. The molecule has 1 unspecified atom stereocenters. The quantitative estimate of drug-likeness (QED) is 0.878. The molecule has 0 aliphatic heterocycles. The summed E-state index contributed by atoms with van der Waals surface area (Å²) in [5.74, 6) is 0.500. The molecular formula is C14H16N2O. The molecular weight excluding hydrogens is 212 g/mol. The van der Waals surface area contributed by atoms with Crippen molar-refractivity contribution in [2.24, 2.45) is 0 Å². The van der Waals surface area contributed by atoms with E-state index in [-0.39, 0.29) is 0 Å². The summed E-state index contributed by atoms with van der Waals surface area (Å²) in [5.41, 5.74) is 2.74. The van der Waals surface area contributed by atoms with Crippen molar-refractivity contribution >= 4 is 0 Å². The Morgan fingerprint density at radius 3 is 2.18 bits per heavy atom. The average Bonchev–Trinajstić information content (AvgIpc) is 2.39. The Hall–Kier alpha value is -1.74. The number of aromatic nitrogens is 2. The Bertz CT molecular complexity index is 465. The Morgan fingerprint density at radius 2 is 1.65 bits per heavy atom. The molecule has 2 aromatic rings. The van der Waals surface area contributed by atoms with Gasteiger partial charge in [0.2, 0.25) is 0 Å². The molecule has 1 atom stereocenters. The number of nitrogens with zero attached hydrogens (tertiary/aromatic N) is 2. The van der Waals surface area contributed by atoms with Crippen LogP contribution in [-0.4, -0.2) is 15.1 Å². The van der Waals surface area contributed by atoms with Crippen LogP contribution in [0.3, 0.4) is 0 Å². The highest BCUT2D eigenvalue weighted by Crippen LogP contribution is 2.22. The van der Waals surface area contributed by atoms with Gasteiger partial charge >= 0.3 is 0 Å². The maximum absolute atomic E-state index is 10.1. The summed E-state index contributed by atoms with van der Waals surface area (Å²) in [5, 5.41) is 10.1. The lowest BCUT2D eigenvalue weighted by Crippen LogP contribution is -2.02. The molecule has 3 heteroatoms. The Balaban J connectivity index is 2.23. The fraction of sp³-hybridized carbons (Fsp3) is 0.286. The van der Waals surface area contributed by atoms with Crippen LogP contribution >= 0.6 is 0 Å². The first-order chi connectivity index (χ1) is 8.18. The minimum atomic E-state index is -0.681. The third kappa shape index (κ3) is 2.68. The van der Waals surface area contributed by atoms with E-state index >= 15 is 0 Å². The smallest absolute Gasteiger partial charge is 0.121 e. The molecule has 88 valence electrons. The van der Waals surface area contributed by atoms with Crippen LogP contribution in [0.5, 0.6) is 0 Å². The molecule has 1 heterocycles. The van der Waals surface area contributed by atoms with Gasteiger partial charge < -0.3 is 5.11 Å². The third-order valence-electron chi connectivity index (χ3n) is 2.80. The van der Waals surface area contributed by atoms with E-state index < -0.39 is 6.10 Å². The normalized spacial score (nSPS) is 12.7. The molecule has 0 amide bonds. The van der Waals surface area contributed by atoms with E-state index in [1.165, 1.54) is 11.9 Å². The summed E-state index contributed by atoms with van der Waals surface area (Å²) in [6.07, 6.45) is 2.40. The summed E-state index contributed by atoms with van der Waals surface area (Å²) >= 11 is 0. The van der Waals surface area contributed by atoms with Crippen molar-refractivity contribution in [1.82, 2.24) is 9.97 Å². The molecule has 0 bridgehead atoms. The van der Waals surface area contributed by atoms with Gasteiger partial charge in [-0.25, -0.2) is 9.97 Å². The van der Waals surface area contributed by atoms with Gasteiger partial charge in [0.05, 0.1) is 5.69 Å². The second kappa shape index (κ2) is 5.06. The summed E-state index contributed by atoms with van der Waals surface area (Å²) < 4.78 is 0. The van der Waals surface area contributed by atoms with Crippen molar-refractivity contribution < 1.29 is 5.11 Å². The lowest BCUT2D eigenvalue weighted by Gasteiger charge is -2.11. The molecule has 0 aliphatic carbocycles. The second-order valence-corrected chi connectivity index (χ2v) is 4.36. The number of rotatable bonds is 3. The highest BCUT2D eigenvalue weighted by Gasteiger charge is 2.11. The third-order valence-corrected chi connectivity index (χ3v) is 2.80. The van der Waals surface area contributed by atoms with Crippen molar-refractivity contribution in [3.8, 4) is 0 Å². The Morgan fingerprint density at radius 1 is 1.00 bits per heavy atom. The highest BCUT2D eigenvalue weighted by molar-refractivity contribution is 5.29. The van der Waals surface area contributed by atoms with Gasteiger partial charge in [-0.05, 0) is 23.1 Å². The van der Waals surface area contributed by atoms with Gasteiger partial charge in [-0.2, -0.15) is 0 Å². The number of hydrogen-bond donors (Lipinski definition) is 1. The molecule has 1 aromatic heterocycles. The zero-order chi connectivity index (χ0) is 12.3.